The van der Waals surface area contributed by atoms with Gasteiger partial charge < -0.3 is 10.6 Å². The fraction of sp³-hybridized carbons (Fsp3) is 0.118. The number of nitrogens with one attached hydrogen (secondary N) is 2. The molecule has 9 nitrogen and oxygen atoms in total. The van der Waals surface area contributed by atoms with Crippen LogP contribution in [0.3, 0.4) is 0 Å². The average Bonchev–Trinajstić information content (AvgIpc) is 3.16. The summed E-state index contributed by atoms with van der Waals surface area (Å²) in [5.74, 6) is 0.615. The lowest BCUT2D eigenvalue weighted by Gasteiger charge is -2.12. The maximum Gasteiger partial charge on any atom is 0.319 e. The summed E-state index contributed by atoms with van der Waals surface area (Å²) in [7, 11) is 0. The van der Waals surface area contributed by atoms with Gasteiger partial charge in [-0.05, 0) is 25.1 Å². The standard InChI is InChI=1S/C17H16N6O3/c1-12-14(6-2-7-15(12)23(25)26)21-17(24)19-11-13-5-3-8-18-16(13)22-10-4-9-20-22/h2-10H,11H2,1H3,(H2,19,21,24). The minimum Gasteiger partial charge on any atom is -0.334 e. The molecular weight excluding hydrogens is 336 g/mol. The first-order valence-electron chi connectivity index (χ1n) is 7.79. The van der Waals surface area contributed by atoms with Crippen molar-refractivity contribution in [3.63, 3.8) is 0 Å². The summed E-state index contributed by atoms with van der Waals surface area (Å²) in [5.41, 5.74) is 1.51. The van der Waals surface area contributed by atoms with Crippen molar-refractivity contribution in [1.29, 1.82) is 0 Å². The number of nitrogens with zero attached hydrogens (tertiary/aromatic N) is 4. The predicted octanol–water partition coefficient (Wildman–Crippen LogP) is 2.81. The molecule has 2 N–H and O–H groups in total. The molecule has 3 aromatic rings. The molecule has 0 atom stereocenters. The van der Waals surface area contributed by atoms with Gasteiger partial charge in [0.25, 0.3) is 5.69 Å². The number of nitro benzene ring substituents is 1. The van der Waals surface area contributed by atoms with E-state index >= 15 is 0 Å². The van der Waals surface area contributed by atoms with Gasteiger partial charge in [0, 0.05) is 36.8 Å². The van der Waals surface area contributed by atoms with Crippen molar-refractivity contribution in [2.75, 3.05) is 5.32 Å². The largest absolute Gasteiger partial charge is 0.334 e. The minimum absolute atomic E-state index is 0.0453. The van der Waals surface area contributed by atoms with Crippen molar-refractivity contribution in [2.24, 2.45) is 0 Å². The Morgan fingerprint density at radius 3 is 2.81 bits per heavy atom. The number of amides is 2. The van der Waals surface area contributed by atoms with Crippen LogP contribution in [0.1, 0.15) is 11.1 Å². The van der Waals surface area contributed by atoms with Crippen LogP contribution in [0.2, 0.25) is 0 Å². The highest BCUT2D eigenvalue weighted by atomic mass is 16.6. The van der Waals surface area contributed by atoms with E-state index in [-0.39, 0.29) is 12.2 Å². The van der Waals surface area contributed by atoms with Crippen molar-refractivity contribution >= 4 is 17.4 Å². The Labute approximate surface area is 148 Å². The summed E-state index contributed by atoms with van der Waals surface area (Å²) in [6, 6.07) is 9.45. The van der Waals surface area contributed by atoms with Crippen LogP contribution >= 0.6 is 0 Å². The maximum atomic E-state index is 12.2. The number of anilines is 1. The SMILES string of the molecule is Cc1c(NC(=O)NCc2cccnc2-n2cccn2)cccc1[N+](=O)[O-]. The topological polar surface area (TPSA) is 115 Å². The van der Waals surface area contributed by atoms with Gasteiger partial charge in [0.1, 0.15) is 0 Å². The van der Waals surface area contributed by atoms with E-state index in [1.165, 1.54) is 12.1 Å². The van der Waals surface area contributed by atoms with E-state index in [0.29, 0.717) is 17.1 Å². The van der Waals surface area contributed by atoms with Crippen LogP contribution in [0.15, 0.2) is 55.0 Å². The number of benzene rings is 1. The molecule has 0 aliphatic carbocycles. The van der Waals surface area contributed by atoms with E-state index in [1.807, 2.05) is 6.07 Å². The second-order valence-corrected chi connectivity index (χ2v) is 5.45. The van der Waals surface area contributed by atoms with E-state index in [0.717, 1.165) is 5.56 Å². The van der Waals surface area contributed by atoms with Crippen LogP contribution in [0, 0.1) is 17.0 Å². The molecule has 3 rings (SSSR count). The zero-order valence-electron chi connectivity index (χ0n) is 13.9. The minimum atomic E-state index is -0.482. The Morgan fingerprint density at radius 2 is 2.08 bits per heavy atom. The normalized spacial score (nSPS) is 10.3. The lowest BCUT2D eigenvalue weighted by atomic mass is 10.1. The van der Waals surface area contributed by atoms with E-state index in [1.54, 1.807) is 48.4 Å². The molecular formula is C17H16N6O3. The Balaban J connectivity index is 1.70. The zero-order chi connectivity index (χ0) is 18.5. The Bertz CT molecular complexity index is 939. The lowest BCUT2D eigenvalue weighted by molar-refractivity contribution is -0.385. The molecule has 9 heteroatoms. The quantitative estimate of drug-likeness (QED) is 0.541. The number of rotatable bonds is 5. The monoisotopic (exact) mass is 352 g/mol. The molecule has 0 spiro atoms. The van der Waals surface area contributed by atoms with Crippen molar-refractivity contribution in [3.8, 4) is 5.82 Å². The second-order valence-electron chi connectivity index (χ2n) is 5.45. The van der Waals surface area contributed by atoms with E-state index < -0.39 is 11.0 Å². The van der Waals surface area contributed by atoms with Crippen molar-refractivity contribution in [1.82, 2.24) is 20.1 Å². The van der Waals surface area contributed by atoms with Gasteiger partial charge in [-0.15, -0.1) is 0 Å². The zero-order valence-corrected chi connectivity index (χ0v) is 13.9. The molecule has 0 aliphatic rings. The third-order valence-corrected chi connectivity index (χ3v) is 3.78. The number of hydrogen-bond donors (Lipinski definition) is 2. The number of aromatic nitrogens is 3. The Hall–Kier alpha value is -3.75. The van der Waals surface area contributed by atoms with Gasteiger partial charge in [-0.3, -0.25) is 10.1 Å². The van der Waals surface area contributed by atoms with Gasteiger partial charge in [-0.2, -0.15) is 5.10 Å². The van der Waals surface area contributed by atoms with Crippen molar-refractivity contribution in [3.05, 3.63) is 76.2 Å². The molecule has 2 amide bonds. The van der Waals surface area contributed by atoms with Crippen LogP contribution in [0.25, 0.3) is 5.82 Å². The van der Waals surface area contributed by atoms with Crippen molar-refractivity contribution in [2.45, 2.75) is 13.5 Å². The van der Waals surface area contributed by atoms with Gasteiger partial charge in [0.2, 0.25) is 0 Å². The molecule has 26 heavy (non-hydrogen) atoms. The van der Waals surface area contributed by atoms with Gasteiger partial charge >= 0.3 is 6.03 Å². The van der Waals surface area contributed by atoms with E-state index in [4.69, 9.17) is 0 Å². The van der Waals surface area contributed by atoms with Crippen LogP contribution in [0.4, 0.5) is 16.2 Å². The highest BCUT2D eigenvalue weighted by Gasteiger charge is 2.15. The smallest absolute Gasteiger partial charge is 0.319 e. The molecule has 0 bridgehead atoms. The number of urea groups is 1. The van der Waals surface area contributed by atoms with Crippen LogP contribution in [0.5, 0.6) is 0 Å². The number of nitro groups is 1. The molecule has 0 unspecified atom stereocenters. The first-order valence-corrected chi connectivity index (χ1v) is 7.79. The number of carbonyl (C=O) groups excluding carboxylic acids is 1. The van der Waals surface area contributed by atoms with Gasteiger partial charge in [0.15, 0.2) is 5.82 Å². The summed E-state index contributed by atoms with van der Waals surface area (Å²) < 4.78 is 1.61. The Morgan fingerprint density at radius 1 is 1.23 bits per heavy atom. The number of hydrogen-bond acceptors (Lipinski definition) is 5. The highest BCUT2D eigenvalue weighted by Crippen LogP contribution is 2.24. The first kappa shape index (κ1) is 17.1. The first-order chi connectivity index (χ1) is 12.6. The lowest BCUT2D eigenvalue weighted by Crippen LogP contribution is -2.29. The third kappa shape index (κ3) is 3.66. The van der Waals surface area contributed by atoms with Crippen LogP contribution in [-0.4, -0.2) is 25.7 Å². The maximum absolute atomic E-state index is 12.2. The molecule has 132 valence electrons. The predicted molar refractivity (Wildman–Crippen MR) is 95.1 cm³/mol. The summed E-state index contributed by atoms with van der Waals surface area (Å²) in [5, 5.41) is 20.5. The molecule has 2 aromatic heterocycles. The summed E-state index contributed by atoms with van der Waals surface area (Å²) >= 11 is 0. The molecule has 0 radical (unpaired) electrons. The molecule has 2 heterocycles. The third-order valence-electron chi connectivity index (χ3n) is 3.78. The molecule has 0 aliphatic heterocycles. The molecule has 1 aromatic carbocycles. The van der Waals surface area contributed by atoms with Crippen LogP contribution < -0.4 is 10.6 Å². The molecule has 0 saturated heterocycles. The van der Waals surface area contributed by atoms with Crippen molar-refractivity contribution < 1.29 is 9.72 Å². The molecule has 0 fully saturated rings. The number of pyridine rings is 1. The second kappa shape index (κ2) is 7.43. The fourth-order valence-electron chi connectivity index (χ4n) is 2.47. The van der Waals surface area contributed by atoms with Gasteiger partial charge in [-0.25, -0.2) is 14.5 Å². The van der Waals surface area contributed by atoms with E-state index in [9.17, 15) is 14.9 Å². The molecule has 0 saturated carbocycles. The fourth-order valence-corrected chi connectivity index (χ4v) is 2.47. The Kier molecular flexibility index (Phi) is 4.88. The highest BCUT2D eigenvalue weighted by molar-refractivity contribution is 5.90. The summed E-state index contributed by atoms with van der Waals surface area (Å²) in [6.07, 6.45) is 5.05. The number of carbonyl (C=O) groups is 1. The van der Waals surface area contributed by atoms with Gasteiger partial charge in [0.05, 0.1) is 16.2 Å². The van der Waals surface area contributed by atoms with Crippen LogP contribution in [-0.2, 0) is 6.54 Å². The average molecular weight is 352 g/mol. The van der Waals surface area contributed by atoms with Gasteiger partial charge in [-0.1, -0.05) is 12.1 Å². The van der Waals surface area contributed by atoms with E-state index in [2.05, 4.69) is 20.7 Å². The summed E-state index contributed by atoms with van der Waals surface area (Å²) in [6.45, 7) is 1.81. The summed E-state index contributed by atoms with van der Waals surface area (Å²) in [4.78, 5) is 27.0.